The maximum absolute atomic E-state index is 13.3. The Kier molecular flexibility index (Phi) is 6.88. The fourth-order valence-corrected chi connectivity index (χ4v) is 4.17. The van der Waals surface area contributed by atoms with Gasteiger partial charge in [0.25, 0.3) is 5.56 Å². The lowest BCUT2D eigenvalue weighted by atomic mass is 10.1. The van der Waals surface area contributed by atoms with Crippen LogP contribution in [0.1, 0.15) is 27.7 Å². The van der Waals surface area contributed by atoms with E-state index in [0.29, 0.717) is 35.9 Å². The van der Waals surface area contributed by atoms with E-state index >= 15 is 0 Å². The van der Waals surface area contributed by atoms with Crippen LogP contribution in [-0.4, -0.2) is 36.5 Å². The van der Waals surface area contributed by atoms with Crippen LogP contribution in [0, 0.1) is 11.8 Å². The molecule has 4 aromatic rings. The van der Waals surface area contributed by atoms with Gasteiger partial charge in [0.15, 0.2) is 11.2 Å². The van der Waals surface area contributed by atoms with E-state index in [1.165, 1.54) is 4.57 Å². The van der Waals surface area contributed by atoms with Crippen molar-refractivity contribution in [2.45, 2.75) is 53.4 Å². The van der Waals surface area contributed by atoms with E-state index in [1.807, 2.05) is 56.3 Å². The molecule has 34 heavy (non-hydrogen) atoms. The lowest BCUT2D eigenvalue weighted by Crippen LogP contribution is -2.44. The number of hydrogen-bond acceptors (Lipinski definition) is 5. The minimum absolute atomic E-state index is 0.0440. The monoisotopic (exact) mass is 464 g/mol. The molecular formula is C26H32N4O4. The van der Waals surface area contributed by atoms with Gasteiger partial charge in [0.1, 0.15) is 18.5 Å². The van der Waals surface area contributed by atoms with E-state index in [4.69, 9.17) is 4.74 Å². The number of aromatic nitrogens is 4. The van der Waals surface area contributed by atoms with E-state index in [0.717, 1.165) is 15.3 Å². The molecule has 1 atom stereocenters. The second-order valence-electron chi connectivity index (χ2n) is 9.64. The largest absolute Gasteiger partial charge is 0.491 e. The average Bonchev–Trinajstić information content (AvgIpc) is 3.20. The molecule has 4 rings (SSSR count). The number of aliphatic hydroxyl groups excluding tert-OH is 1. The molecular weight excluding hydrogens is 432 g/mol. The van der Waals surface area contributed by atoms with Crippen molar-refractivity contribution in [2.24, 2.45) is 11.8 Å². The van der Waals surface area contributed by atoms with Gasteiger partial charge in [-0.05, 0) is 34.7 Å². The quantitative estimate of drug-likeness (QED) is 0.411. The van der Waals surface area contributed by atoms with Gasteiger partial charge < -0.3 is 14.4 Å². The molecule has 0 amide bonds. The van der Waals surface area contributed by atoms with Crippen molar-refractivity contribution in [3.05, 3.63) is 69.6 Å². The Bertz CT molecular complexity index is 1410. The minimum Gasteiger partial charge on any atom is -0.491 e. The fourth-order valence-electron chi connectivity index (χ4n) is 4.17. The second kappa shape index (κ2) is 9.85. The fraction of sp³-hybridized carbons (Fsp3) is 0.423. The number of aliphatic hydroxyl groups is 1. The highest BCUT2D eigenvalue weighted by atomic mass is 16.5. The van der Waals surface area contributed by atoms with Crippen LogP contribution in [0.3, 0.4) is 0 Å². The molecule has 0 aliphatic rings. The third kappa shape index (κ3) is 4.92. The third-order valence-electron chi connectivity index (χ3n) is 5.65. The number of fused-ring (bicyclic) bond motifs is 2. The van der Waals surface area contributed by atoms with Crippen LogP contribution >= 0.6 is 0 Å². The summed E-state index contributed by atoms with van der Waals surface area (Å²) in [5.74, 6) is 1.10. The zero-order chi connectivity index (χ0) is 24.4. The molecule has 0 saturated heterocycles. The van der Waals surface area contributed by atoms with Crippen molar-refractivity contribution in [3.63, 3.8) is 0 Å². The van der Waals surface area contributed by atoms with Gasteiger partial charge in [-0.15, -0.1) is 0 Å². The predicted molar refractivity (Wildman–Crippen MR) is 133 cm³/mol. The molecule has 1 N–H and O–H groups in total. The van der Waals surface area contributed by atoms with Gasteiger partial charge in [-0.3, -0.25) is 13.9 Å². The van der Waals surface area contributed by atoms with Crippen molar-refractivity contribution in [1.82, 2.24) is 18.7 Å². The molecule has 2 aromatic heterocycles. The number of hydrogen-bond donors (Lipinski definition) is 1. The molecule has 8 nitrogen and oxygen atoms in total. The van der Waals surface area contributed by atoms with Crippen LogP contribution < -0.4 is 16.0 Å². The first-order valence-corrected chi connectivity index (χ1v) is 11.7. The molecule has 2 aromatic carbocycles. The SMILES string of the molecule is CC(C)Cn1cnc2c1c(=O)n(CC(O)COc1ccc3ccccc3c1)c(=O)n2CC(C)C. The molecule has 180 valence electrons. The smallest absolute Gasteiger partial charge is 0.332 e. The summed E-state index contributed by atoms with van der Waals surface area (Å²) in [5, 5.41) is 12.8. The lowest BCUT2D eigenvalue weighted by molar-refractivity contribution is 0.0902. The summed E-state index contributed by atoms with van der Waals surface area (Å²) in [6.45, 7) is 8.96. The topological polar surface area (TPSA) is 91.3 Å². The first-order valence-electron chi connectivity index (χ1n) is 11.7. The molecule has 0 aliphatic heterocycles. The van der Waals surface area contributed by atoms with Gasteiger partial charge in [0.05, 0.1) is 12.9 Å². The number of imidazole rings is 1. The van der Waals surface area contributed by atoms with Gasteiger partial charge in [-0.1, -0.05) is 58.0 Å². The summed E-state index contributed by atoms with van der Waals surface area (Å²) in [4.78, 5) is 31.0. The van der Waals surface area contributed by atoms with Gasteiger partial charge in [-0.25, -0.2) is 9.78 Å². The van der Waals surface area contributed by atoms with Gasteiger partial charge in [0, 0.05) is 13.1 Å². The Morgan fingerprint density at radius 1 is 0.912 bits per heavy atom. The normalized spacial score (nSPS) is 12.8. The summed E-state index contributed by atoms with van der Waals surface area (Å²) >= 11 is 0. The highest BCUT2D eigenvalue weighted by molar-refractivity contribution is 5.83. The van der Waals surface area contributed by atoms with Crippen molar-refractivity contribution >= 4 is 21.9 Å². The zero-order valence-corrected chi connectivity index (χ0v) is 20.1. The first kappa shape index (κ1) is 23.8. The standard InChI is InChI=1S/C26H32N4O4/c1-17(2)12-28-16-27-24-23(28)25(32)30(26(33)29(24)13-18(3)4)14-21(31)15-34-22-10-9-19-7-5-6-8-20(19)11-22/h5-11,16-18,21,31H,12-15H2,1-4H3. The van der Waals surface area contributed by atoms with E-state index in [9.17, 15) is 14.7 Å². The maximum atomic E-state index is 13.3. The zero-order valence-electron chi connectivity index (χ0n) is 20.1. The Balaban J connectivity index is 1.62. The minimum atomic E-state index is -1.04. The van der Waals surface area contributed by atoms with Crippen LogP contribution in [0.2, 0.25) is 0 Å². The summed E-state index contributed by atoms with van der Waals surface area (Å²) < 4.78 is 10.2. The molecule has 1 unspecified atom stereocenters. The van der Waals surface area contributed by atoms with Crippen LogP contribution in [0.5, 0.6) is 5.75 Å². The van der Waals surface area contributed by atoms with Crippen LogP contribution in [0.4, 0.5) is 0 Å². The van der Waals surface area contributed by atoms with Gasteiger partial charge in [-0.2, -0.15) is 0 Å². The van der Waals surface area contributed by atoms with Crippen LogP contribution in [0.25, 0.3) is 21.9 Å². The average molecular weight is 465 g/mol. The number of nitrogens with zero attached hydrogens (tertiary/aromatic N) is 4. The lowest BCUT2D eigenvalue weighted by Gasteiger charge is -2.17. The molecule has 0 fully saturated rings. The third-order valence-corrected chi connectivity index (χ3v) is 5.65. The summed E-state index contributed by atoms with van der Waals surface area (Å²) in [7, 11) is 0. The van der Waals surface area contributed by atoms with Crippen molar-refractivity contribution in [2.75, 3.05) is 6.61 Å². The molecule has 8 heteroatoms. The van der Waals surface area contributed by atoms with Crippen LogP contribution in [-0.2, 0) is 19.6 Å². The van der Waals surface area contributed by atoms with Crippen molar-refractivity contribution in [1.29, 1.82) is 0 Å². The Hall–Kier alpha value is -3.39. The Morgan fingerprint density at radius 3 is 2.32 bits per heavy atom. The highest BCUT2D eigenvalue weighted by Gasteiger charge is 2.21. The molecule has 0 aliphatic carbocycles. The highest BCUT2D eigenvalue weighted by Crippen LogP contribution is 2.20. The second-order valence-corrected chi connectivity index (χ2v) is 9.64. The first-order chi connectivity index (χ1) is 16.2. The summed E-state index contributed by atoms with van der Waals surface area (Å²) in [5.41, 5.74) is -0.132. The molecule has 0 spiro atoms. The van der Waals surface area contributed by atoms with E-state index in [1.54, 1.807) is 10.9 Å². The molecule has 0 bridgehead atoms. The van der Waals surface area contributed by atoms with E-state index in [-0.39, 0.29) is 19.1 Å². The molecule has 2 heterocycles. The summed E-state index contributed by atoms with van der Waals surface area (Å²) in [6, 6.07) is 13.6. The van der Waals surface area contributed by atoms with Crippen LogP contribution in [0.15, 0.2) is 58.4 Å². The maximum Gasteiger partial charge on any atom is 0.332 e. The molecule has 0 saturated carbocycles. The molecule has 0 radical (unpaired) electrons. The van der Waals surface area contributed by atoms with E-state index < -0.39 is 17.4 Å². The number of ether oxygens (including phenoxy) is 1. The van der Waals surface area contributed by atoms with Crippen molar-refractivity contribution < 1.29 is 9.84 Å². The summed E-state index contributed by atoms with van der Waals surface area (Å²) in [6.07, 6.45) is 0.578. The van der Waals surface area contributed by atoms with E-state index in [2.05, 4.69) is 18.8 Å². The number of benzene rings is 2. The van der Waals surface area contributed by atoms with Gasteiger partial charge in [0.2, 0.25) is 0 Å². The Labute approximate surface area is 198 Å². The van der Waals surface area contributed by atoms with Crippen molar-refractivity contribution in [3.8, 4) is 5.75 Å². The number of rotatable bonds is 9. The predicted octanol–water partition coefficient (Wildman–Crippen LogP) is 3.26. The Morgan fingerprint density at radius 2 is 1.62 bits per heavy atom. The van der Waals surface area contributed by atoms with Gasteiger partial charge >= 0.3 is 5.69 Å².